The molecule has 1 unspecified atom stereocenters. The largest absolute Gasteiger partial charge is 0.481 e. The van der Waals surface area contributed by atoms with Crippen molar-refractivity contribution in [2.75, 3.05) is 6.61 Å². The zero-order valence-electron chi connectivity index (χ0n) is 9.40. The van der Waals surface area contributed by atoms with Crippen molar-refractivity contribution in [3.05, 3.63) is 23.8 Å². The lowest BCUT2D eigenvalue weighted by Gasteiger charge is -2.05. The quantitative estimate of drug-likeness (QED) is 0.802. The molecule has 1 heterocycles. The van der Waals surface area contributed by atoms with E-state index in [-0.39, 0.29) is 0 Å². The molecule has 0 bridgehead atoms. The van der Waals surface area contributed by atoms with Crippen LogP contribution in [0.4, 0.5) is 0 Å². The predicted octanol–water partition coefficient (Wildman–Crippen LogP) is 1.48. The van der Waals surface area contributed by atoms with Gasteiger partial charge in [0, 0.05) is 12.5 Å². The van der Waals surface area contributed by atoms with Gasteiger partial charge in [0.15, 0.2) is 6.10 Å². The number of hydrogen-bond donors (Lipinski definition) is 1. The van der Waals surface area contributed by atoms with Crippen molar-refractivity contribution in [1.82, 2.24) is 0 Å². The monoisotopic (exact) mass is 232 g/mol. The Morgan fingerprint density at radius 2 is 2.47 bits per heavy atom. The molecule has 0 spiro atoms. The van der Waals surface area contributed by atoms with Gasteiger partial charge in [-0.1, -0.05) is 12.0 Å². The van der Waals surface area contributed by atoms with Gasteiger partial charge in [-0.3, -0.25) is 0 Å². The third kappa shape index (κ3) is 2.51. The summed E-state index contributed by atoms with van der Waals surface area (Å²) in [5, 5.41) is 8.85. The number of hydrogen-bond acceptors (Lipinski definition) is 3. The fraction of sp³-hybridized carbons (Fsp3) is 0.308. The van der Waals surface area contributed by atoms with Gasteiger partial charge in [0.2, 0.25) is 0 Å². The number of carbonyl (C=O) groups is 1. The van der Waals surface area contributed by atoms with Crippen molar-refractivity contribution in [3.8, 4) is 23.3 Å². The minimum Gasteiger partial charge on any atom is -0.481 e. The number of aliphatic carboxylic acids is 1. The van der Waals surface area contributed by atoms with E-state index in [9.17, 15) is 4.79 Å². The summed E-state index contributed by atoms with van der Waals surface area (Å²) in [5.74, 6) is 5.79. The number of fused-ring (bicyclic) bond motifs is 1. The summed E-state index contributed by atoms with van der Waals surface area (Å²) in [6.45, 7) is 2.06. The van der Waals surface area contributed by atoms with E-state index in [1.807, 2.05) is 6.07 Å². The zero-order chi connectivity index (χ0) is 12.3. The van der Waals surface area contributed by atoms with Crippen LogP contribution in [-0.4, -0.2) is 23.8 Å². The molecule has 1 N–H and O–H groups in total. The topological polar surface area (TPSA) is 55.8 Å². The molecule has 0 amide bonds. The normalized spacial score (nSPS) is 16.4. The zero-order valence-corrected chi connectivity index (χ0v) is 9.40. The number of ether oxygens (including phenoxy) is 2. The fourth-order valence-corrected chi connectivity index (χ4v) is 1.63. The molecular weight excluding hydrogens is 220 g/mol. The van der Waals surface area contributed by atoms with E-state index in [0.717, 1.165) is 5.56 Å². The van der Waals surface area contributed by atoms with Crippen LogP contribution in [0.3, 0.4) is 0 Å². The van der Waals surface area contributed by atoms with Crippen molar-refractivity contribution in [3.63, 3.8) is 0 Å². The second-order valence-corrected chi connectivity index (χ2v) is 3.63. The summed E-state index contributed by atoms with van der Waals surface area (Å²) in [6.07, 6.45) is -0.379. The van der Waals surface area contributed by atoms with Gasteiger partial charge in [-0.15, -0.1) is 5.92 Å². The van der Waals surface area contributed by atoms with Gasteiger partial charge in [-0.2, -0.15) is 0 Å². The van der Waals surface area contributed by atoms with E-state index in [1.165, 1.54) is 0 Å². The van der Waals surface area contributed by atoms with E-state index < -0.39 is 12.1 Å². The third-order valence-electron chi connectivity index (χ3n) is 2.48. The molecule has 0 aliphatic carbocycles. The van der Waals surface area contributed by atoms with Crippen molar-refractivity contribution >= 4 is 5.97 Å². The van der Waals surface area contributed by atoms with Gasteiger partial charge < -0.3 is 14.6 Å². The standard InChI is InChI=1S/C13H12O4/c1-2-3-6-16-10-5-4-9-7-12(13(14)15)17-11(9)8-10/h4-5,8,12H,6-7H2,1H3,(H,14,15). The molecule has 1 aromatic rings. The number of benzene rings is 1. The van der Waals surface area contributed by atoms with E-state index in [1.54, 1.807) is 19.1 Å². The van der Waals surface area contributed by atoms with Crippen LogP contribution in [-0.2, 0) is 11.2 Å². The second kappa shape index (κ2) is 4.79. The SMILES string of the molecule is CC#CCOc1ccc2c(c1)OC(C(=O)O)C2. The van der Waals surface area contributed by atoms with E-state index >= 15 is 0 Å². The van der Waals surface area contributed by atoms with Crippen LogP contribution >= 0.6 is 0 Å². The Morgan fingerprint density at radius 1 is 1.65 bits per heavy atom. The van der Waals surface area contributed by atoms with Crippen LogP contribution in [0.2, 0.25) is 0 Å². The molecule has 2 rings (SSSR count). The van der Waals surface area contributed by atoms with Crippen molar-refractivity contribution < 1.29 is 19.4 Å². The highest BCUT2D eigenvalue weighted by Crippen LogP contribution is 2.32. The van der Waals surface area contributed by atoms with Crippen LogP contribution < -0.4 is 9.47 Å². The molecule has 0 radical (unpaired) electrons. The molecule has 0 aromatic heterocycles. The van der Waals surface area contributed by atoms with Crippen LogP contribution in [0, 0.1) is 11.8 Å². The number of rotatable bonds is 3. The lowest BCUT2D eigenvalue weighted by Crippen LogP contribution is -2.24. The summed E-state index contributed by atoms with van der Waals surface area (Å²) in [6, 6.07) is 5.33. The first-order valence-electron chi connectivity index (χ1n) is 5.25. The van der Waals surface area contributed by atoms with Crippen molar-refractivity contribution in [2.45, 2.75) is 19.4 Å². The molecular formula is C13H12O4. The Bertz CT molecular complexity index is 496. The van der Waals surface area contributed by atoms with E-state index in [2.05, 4.69) is 11.8 Å². The molecule has 0 saturated heterocycles. The Hall–Kier alpha value is -2.15. The first-order valence-corrected chi connectivity index (χ1v) is 5.25. The maximum atomic E-state index is 10.8. The summed E-state index contributed by atoms with van der Waals surface area (Å²) >= 11 is 0. The maximum absolute atomic E-state index is 10.8. The fourth-order valence-electron chi connectivity index (χ4n) is 1.63. The second-order valence-electron chi connectivity index (χ2n) is 3.63. The maximum Gasteiger partial charge on any atom is 0.345 e. The summed E-state index contributed by atoms with van der Waals surface area (Å²) in [4.78, 5) is 10.8. The van der Waals surface area contributed by atoms with Crippen LogP contribution in [0.1, 0.15) is 12.5 Å². The molecule has 1 aliphatic heterocycles. The summed E-state index contributed by atoms with van der Waals surface area (Å²) < 4.78 is 10.7. The molecule has 1 atom stereocenters. The predicted molar refractivity (Wildman–Crippen MR) is 61.1 cm³/mol. The lowest BCUT2D eigenvalue weighted by molar-refractivity contribution is -0.144. The van der Waals surface area contributed by atoms with E-state index in [0.29, 0.717) is 24.5 Å². The highest BCUT2D eigenvalue weighted by Gasteiger charge is 2.28. The lowest BCUT2D eigenvalue weighted by atomic mass is 10.1. The van der Waals surface area contributed by atoms with Crippen LogP contribution in [0.25, 0.3) is 0 Å². The van der Waals surface area contributed by atoms with Crippen molar-refractivity contribution in [1.29, 1.82) is 0 Å². The summed E-state index contributed by atoms with van der Waals surface area (Å²) in [7, 11) is 0. The molecule has 0 fully saturated rings. The Balaban J connectivity index is 2.09. The first-order chi connectivity index (χ1) is 8.20. The Morgan fingerprint density at radius 3 is 3.18 bits per heavy atom. The average molecular weight is 232 g/mol. The van der Waals surface area contributed by atoms with Gasteiger partial charge in [-0.05, 0) is 18.6 Å². The molecule has 4 nitrogen and oxygen atoms in total. The van der Waals surface area contributed by atoms with E-state index in [4.69, 9.17) is 14.6 Å². The van der Waals surface area contributed by atoms with Gasteiger partial charge in [0.05, 0.1) is 0 Å². The van der Waals surface area contributed by atoms with Gasteiger partial charge in [-0.25, -0.2) is 4.79 Å². The molecule has 1 aliphatic rings. The Kier molecular flexibility index (Phi) is 3.20. The summed E-state index contributed by atoms with van der Waals surface area (Å²) in [5.41, 5.74) is 0.895. The van der Waals surface area contributed by atoms with Gasteiger partial charge >= 0.3 is 5.97 Å². The Labute approximate surface area is 99.2 Å². The smallest absolute Gasteiger partial charge is 0.345 e. The molecule has 0 saturated carbocycles. The van der Waals surface area contributed by atoms with Crippen molar-refractivity contribution in [2.24, 2.45) is 0 Å². The molecule has 88 valence electrons. The highest BCUT2D eigenvalue weighted by molar-refractivity contribution is 5.74. The number of carboxylic acids is 1. The number of carboxylic acid groups (broad SMARTS) is 1. The first kappa shape index (κ1) is 11.3. The van der Waals surface area contributed by atoms with Gasteiger partial charge in [0.25, 0.3) is 0 Å². The minimum absolute atomic E-state index is 0.317. The third-order valence-corrected chi connectivity index (χ3v) is 2.48. The average Bonchev–Trinajstić information content (AvgIpc) is 2.72. The molecule has 1 aromatic carbocycles. The minimum atomic E-state index is -0.944. The molecule has 4 heteroatoms. The highest BCUT2D eigenvalue weighted by atomic mass is 16.5. The van der Waals surface area contributed by atoms with Crippen LogP contribution in [0.15, 0.2) is 18.2 Å². The van der Waals surface area contributed by atoms with Crippen LogP contribution in [0.5, 0.6) is 11.5 Å². The van der Waals surface area contributed by atoms with Gasteiger partial charge in [0.1, 0.15) is 18.1 Å². The molecule has 17 heavy (non-hydrogen) atoms.